The minimum Gasteiger partial charge on any atom is -0.489 e. The normalized spacial score (nSPS) is 19.8. The van der Waals surface area contributed by atoms with Crippen LogP contribution in [0.15, 0.2) is 71.8 Å². The second-order valence-electron chi connectivity index (χ2n) is 18.4. The number of carbonyl (C=O) groups excluding carboxylic acids is 2. The highest BCUT2D eigenvalue weighted by molar-refractivity contribution is 7.92. The Kier molecular flexibility index (Phi) is 14.0. The molecule has 64 heavy (non-hydrogen) atoms. The van der Waals surface area contributed by atoms with Crippen LogP contribution >= 0.6 is 11.6 Å². The lowest BCUT2D eigenvalue weighted by Gasteiger charge is -2.49. The van der Waals surface area contributed by atoms with Crippen molar-refractivity contribution in [3.63, 3.8) is 0 Å². The van der Waals surface area contributed by atoms with Crippen molar-refractivity contribution >= 4 is 67.8 Å². The molecule has 1 unspecified atom stereocenters. The molecule has 0 bridgehead atoms. The Bertz CT molecular complexity index is 2410. The second-order valence-corrected chi connectivity index (χ2v) is 21.3. The number of aromatic nitrogens is 2. The van der Waals surface area contributed by atoms with E-state index in [1.165, 1.54) is 42.4 Å². The summed E-state index contributed by atoms with van der Waals surface area (Å²) in [5.41, 5.74) is 5.74. The van der Waals surface area contributed by atoms with Gasteiger partial charge in [-0.1, -0.05) is 23.7 Å². The van der Waals surface area contributed by atoms with E-state index in [0.717, 1.165) is 69.2 Å². The van der Waals surface area contributed by atoms with Crippen LogP contribution < -0.4 is 30.9 Å². The fourth-order valence-electron chi connectivity index (χ4n) is 9.47. The van der Waals surface area contributed by atoms with Gasteiger partial charge in [0.15, 0.2) is 15.7 Å². The summed E-state index contributed by atoms with van der Waals surface area (Å²) in [6.07, 6.45) is 6.90. The molecule has 4 N–H and O–H groups in total. The molecule has 4 aliphatic rings. The molecular formula is C48H62ClN9O5S. The van der Waals surface area contributed by atoms with Crippen LogP contribution in [0.25, 0.3) is 0 Å². The molecular weight excluding hydrogens is 850 g/mol. The number of hydrogen-bond acceptors (Lipinski definition) is 13. The van der Waals surface area contributed by atoms with Gasteiger partial charge >= 0.3 is 0 Å². The van der Waals surface area contributed by atoms with Gasteiger partial charge in [0.2, 0.25) is 17.8 Å². The number of benzene rings is 3. The van der Waals surface area contributed by atoms with Crippen LogP contribution in [0.2, 0.25) is 5.02 Å². The largest absolute Gasteiger partial charge is 0.489 e. The fraction of sp³-hybridized carbons (Fsp3) is 0.500. The van der Waals surface area contributed by atoms with Gasteiger partial charge in [-0.3, -0.25) is 24.7 Å². The highest BCUT2D eigenvalue weighted by atomic mass is 35.5. The van der Waals surface area contributed by atoms with E-state index < -0.39 is 15.1 Å². The molecule has 2 amide bonds. The van der Waals surface area contributed by atoms with E-state index in [9.17, 15) is 18.0 Å². The highest BCUT2D eigenvalue weighted by Crippen LogP contribution is 2.39. The summed E-state index contributed by atoms with van der Waals surface area (Å²) in [5.74, 6) is 2.01. The van der Waals surface area contributed by atoms with E-state index in [-0.39, 0.29) is 39.7 Å². The molecule has 5 heterocycles. The van der Waals surface area contributed by atoms with Gasteiger partial charge in [0.25, 0.3) is 0 Å². The number of halogens is 1. The monoisotopic (exact) mass is 911 g/mol. The topological polar surface area (TPSA) is 161 Å². The number of piperidine rings is 3. The lowest BCUT2D eigenvalue weighted by molar-refractivity contribution is -0.133. The van der Waals surface area contributed by atoms with Crippen molar-refractivity contribution in [2.24, 2.45) is 5.92 Å². The number of aryl methyl sites for hydroxylation is 1. The van der Waals surface area contributed by atoms with E-state index in [2.05, 4.69) is 77.1 Å². The summed E-state index contributed by atoms with van der Waals surface area (Å²) in [7, 11) is -3.56. The molecule has 1 atom stereocenters. The number of para-hydroxylation sites is 1. The van der Waals surface area contributed by atoms with Crippen LogP contribution in [0, 0.1) is 12.8 Å². The van der Waals surface area contributed by atoms with Crippen LogP contribution in [0.3, 0.4) is 0 Å². The number of nitrogens with zero attached hydrogens (tertiary/aromatic N) is 5. The van der Waals surface area contributed by atoms with Crippen LogP contribution in [0.4, 0.5) is 34.5 Å². The molecule has 342 valence electrons. The maximum absolute atomic E-state index is 13.1. The number of anilines is 6. The molecule has 4 fully saturated rings. The number of carbonyl (C=O) groups is 2. The number of hydrogen-bond donors (Lipinski definition) is 4. The molecule has 4 saturated heterocycles. The number of rotatable bonds is 15. The Morgan fingerprint density at radius 1 is 0.891 bits per heavy atom. The summed E-state index contributed by atoms with van der Waals surface area (Å²) in [5, 5.41) is 11.9. The molecule has 1 aromatic heterocycles. The van der Waals surface area contributed by atoms with E-state index in [1.807, 2.05) is 26.0 Å². The molecule has 3 aromatic carbocycles. The Balaban J connectivity index is 0.815. The van der Waals surface area contributed by atoms with Crippen molar-refractivity contribution in [1.82, 2.24) is 25.1 Å². The third-order valence-corrected chi connectivity index (χ3v) is 15.6. The first-order chi connectivity index (χ1) is 30.7. The molecule has 14 nitrogen and oxygen atoms in total. The first-order valence-electron chi connectivity index (χ1n) is 22.8. The predicted molar refractivity (Wildman–Crippen MR) is 254 cm³/mol. The van der Waals surface area contributed by atoms with Gasteiger partial charge in [0.1, 0.15) is 16.8 Å². The van der Waals surface area contributed by atoms with Gasteiger partial charge in [0.05, 0.1) is 33.8 Å². The summed E-state index contributed by atoms with van der Waals surface area (Å²) in [6, 6.07) is 19.6. The Morgan fingerprint density at radius 2 is 1.61 bits per heavy atom. The molecule has 8 rings (SSSR count). The third-order valence-electron chi connectivity index (χ3n) is 13.2. The number of amides is 2. The van der Waals surface area contributed by atoms with Gasteiger partial charge in [-0.2, -0.15) is 4.98 Å². The molecule has 0 spiro atoms. The zero-order valence-corrected chi connectivity index (χ0v) is 39.1. The van der Waals surface area contributed by atoms with E-state index in [4.69, 9.17) is 16.3 Å². The summed E-state index contributed by atoms with van der Waals surface area (Å²) < 4.78 is 32.6. The van der Waals surface area contributed by atoms with Crippen LogP contribution in [0.1, 0.15) is 83.3 Å². The third kappa shape index (κ3) is 10.6. The molecule has 0 radical (unpaired) electrons. The van der Waals surface area contributed by atoms with Gasteiger partial charge in [-0.15, -0.1) is 0 Å². The molecule has 4 aromatic rings. The maximum atomic E-state index is 13.1. The van der Waals surface area contributed by atoms with E-state index in [0.29, 0.717) is 42.4 Å². The zero-order valence-electron chi connectivity index (χ0n) is 37.6. The summed E-state index contributed by atoms with van der Waals surface area (Å²) in [4.78, 5) is 40.7. The minimum atomic E-state index is -3.56. The van der Waals surface area contributed by atoms with Crippen molar-refractivity contribution in [2.45, 2.75) is 107 Å². The maximum Gasteiger partial charge on any atom is 0.249 e. The van der Waals surface area contributed by atoms with Crippen LogP contribution in [-0.2, 0) is 19.4 Å². The molecule has 0 saturated carbocycles. The Hall–Kier alpha value is -4.96. The van der Waals surface area contributed by atoms with E-state index in [1.54, 1.807) is 38.1 Å². The van der Waals surface area contributed by atoms with Crippen molar-refractivity contribution < 1.29 is 22.7 Å². The quantitative estimate of drug-likeness (QED) is 0.0854. The molecule has 0 aliphatic carbocycles. The first-order valence-corrected chi connectivity index (χ1v) is 24.7. The van der Waals surface area contributed by atoms with Gasteiger partial charge in [0, 0.05) is 56.6 Å². The lowest BCUT2D eigenvalue weighted by atomic mass is 9.85. The number of ether oxygens (including phenoxy) is 1. The average molecular weight is 913 g/mol. The van der Waals surface area contributed by atoms with Crippen LogP contribution in [0.5, 0.6) is 5.75 Å². The second kappa shape index (κ2) is 19.6. The molecule has 16 heteroatoms. The SMILES string of the molecule is Cc1cc(Nc2ncc(Cl)c(Nc3ccccc3S(=O)(=O)C(C)C)n2)c(OC(C)C)cc1C1CCN(C2CN(CC3CCN(c4ccc(NC5CCC(=O)NC5=O)cc4)CC3)C2)CC1. The van der Waals surface area contributed by atoms with Crippen molar-refractivity contribution in [1.29, 1.82) is 0 Å². The molecule has 4 aliphatic heterocycles. The highest BCUT2D eigenvalue weighted by Gasteiger charge is 2.36. The smallest absolute Gasteiger partial charge is 0.249 e. The summed E-state index contributed by atoms with van der Waals surface area (Å²) in [6.45, 7) is 17.2. The van der Waals surface area contributed by atoms with Gasteiger partial charge < -0.3 is 25.6 Å². The van der Waals surface area contributed by atoms with Crippen molar-refractivity contribution in [2.75, 3.05) is 66.7 Å². The predicted octanol–water partition coefficient (Wildman–Crippen LogP) is 7.89. The number of likely N-dealkylation sites (tertiary alicyclic amines) is 2. The van der Waals surface area contributed by atoms with Crippen LogP contribution in [-0.4, -0.2) is 109 Å². The van der Waals surface area contributed by atoms with E-state index >= 15 is 0 Å². The zero-order chi connectivity index (χ0) is 45.1. The Morgan fingerprint density at radius 3 is 2.30 bits per heavy atom. The average Bonchev–Trinajstić information content (AvgIpc) is 3.25. The Labute approximate surface area is 382 Å². The first kappa shape index (κ1) is 45.6. The minimum absolute atomic E-state index is 0.0510. The lowest BCUT2D eigenvalue weighted by Crippen LogP contribution is -2.61. The summed E-state index contributed by atoms with van der Waals surface area (Å²) >= 11 is 6.54. The van der Waals surface area contributed by atoms with Crippen molar-refractivity contribution in [3.8, 4) is 5.75 Å². The number of nitrogens with one attached hydrogen (secondary N) is 4. The van der Waals surface area contributed by atoms with Crippen molar-refractivity contribution in [3.05, 3.63) is 83.0 Å². The number of sulfone groups is 1. The standard InChI is InChI=1S/C48H62ClN9O5S/c1-30(2)63-43-25-38(32(5)24-42(43)53-48-50-26-39(49)46(55-48)52-40-8-6-7-9-44(40)64(61,62)31(3)4)34-18-22-58(23-19-34)37-28-56(29-37)27-33-16-20-57(21-17-33)36-12-10-35(11-13-36)51-41-14-15-45(59)54-47(41)60/h6-13,24-26,30-31,33-34,37,41,51H,14-23,27-29H2,1-5H3,(H,54,59,60)(H2,50,52,53,55). The fourth-order valence-corrected chi connectivity index (χ4v) is 10.8. The number of imide groups is 1. The van der Waals surface area contributed by atoms with Gasteiger partial charge in [-0.05, 0) is 151 Å². The van der Waals surface area contributed by atoms with Gasteiger partial charge in [-0.25, -0.2) is 13.4 Å².